The molecule has 0 saturated carbocycles. The number of carbonyl (C=O) groups excluding carboxylic acids is 1. The maximum Gasteiger partial charge on any atom is 0.286 e. The van der Waals surface area contributed by atoms with Crippen LogP contribution in [0.3, 0.4) is 0 Å². The summed E-state index contributed by atoms with van der Waals surface area (Å²) >= 11 is 1.45. The molecule has 6 heteroatoms. The predicted octanol–water partition coefficient (Wildman–Crippen LogP) is 2.57. The molecule has 0 N–H and O–H groups in total. The lowest BCUT2D eigenvalue weighted by atomic mass is 10.2. The molecule has 2 heterocycles. The third kappa shape index (κ3) is 3.50. The van der Waals surface area contributed by atoms with E-state index < -0.39 is 0 Å². The van der Waals surface area contributed by atoms with Crippen LogP contribution in [0.5, 0.6) is 0 Å². The number of benzene rings is 1. The summed E-state index contributed by atoms with van der Waals surface area (Å²) in [6.07, 6.45) is 1.89. The molecule has 0 aromatic heterocycles. The minimum absolute atomic E-state index is 0. The second-order valence-corrected chi connectivity index (χ2v) is 5.33. The molecule has 2 aliphatic rings. The lowest BCUT2D eigenvalue weighted by Crippen LogP contribution is -2.38. The van der Waals surface area contributed by atoms with Gasteiger partial charge in [0.15, 0.2) is 5.17 Å². The molecule has 0 unspecified atom stereocenters. The average molecular weight is 355 g/mol. The number of hydrogen-bond donors (Lipinski definition) is 0. The van der Waals surface area contributed by atoms with E-state index in [4.69, 9.17) is 4.74 Å². The van der Waals surface area contributed by atoms with E-state index in [1.807, 2.05) is 36.4 Å². The summed E-state index contributed by atoms with van der Waals surface area (Å²) in [5, 5.41) is 0.801. The van der Waals surface area contributed by atoms with Crippen molar-refractivity contribution in [2.75, 3.05) is 26.3 Å². The zero-order valence-corrected chi connectivity index (χ0v) is 13.3. The monoisotopic (exact) mass is 354 g/mol. The zero-order chi connectivity index (χ0) is 13.1. The molecule has 106 valence electrons. The highest BCUT2D eigenvalue weighted by Crippen LogP contribution is 2.30. The molecule has 20 heavy (non-hydrogen) atoms. The van der Waals surface area contributed by atoms with E-state index in [1.54, 1.807) is 0 Å². The fourth-order valence-electron chi connectivity index (χ4n) is 1.99. The Morgan fingerprint density at radius 1 is 1.20 bits per heavy atom. The zero-order valence-electron chi connectivity index (χ0n) is 10.8. The number of rotatable bonds is 1. The van der Waals surface area contributed by atoms with Crippen molar-refractivity contribution in [2.24, 2.45) is 4.99 Å². The predicted molar refractivity (Wildman–Crippen MR) is 87.2 cm³/mol. The fourth-order valence-corrected chi connectivity index (χ4v) is 2.95. The van der Waals surface area contributed by atoms with Crippen LogP contribution < -0.4 is 0 Å². The van der Waals surface area contributed by atoms with Gasteiger partial charge in [0.05, 0.1) is 18.1 Å². The number of morpholine rings is 1. The van der Waals surface area contributed by atoms with Crippen LogP contribution in [0.2, 0.25) is 0 Å². The number of amidine groups is 1. The number of halogens is 1. The first-order valence-electron chi connectivity index (χ1n) is 6.23. The van der Waals surface area contributed by atoms with Crippen molar-refractivity contribution in [2.45, 2.75) is 0 Å². The van der Waals surface area contributed by atoms with Crippen molar-refractivity contribution in [1.29, 1.82) is 0 Å². The van der Waals surface area contributed by atoms with Crippen LogP contribution in [-0.2, 0) is 9.53 Å². The number of thioether (sulfide) groups is 1. The van der Waals surface area contributed by atoms with Gasteiger partial charge in [-0.05, 0) is 23.4 Å². The Morgan fingerprint density at radius 3 is 2.60 bits per heavy atom. The topological polar surface area (TPSA) is 41.9 Å². The fraction of sp³-hybridized carbons (Fsp3) is 0.286. The molecular weight excluding hydrogens is 340 g/mol. The largest absolute Gasteiger partial charge is 0.378 e. The average Bonchev–Trinajstić information content (AvgIpc) is 2.82. The van der Waals surface area contributed by atoms with Crippen molar-refractivity contribution in [3.63, 3.8) is 0 Å². The molecule has 0 radical (unpaired) electrons. The number of carbonyl (C=O) groups is 1. The van der Waals surface area contributed by atoms with Crippen LogP contribution in [0.1, 0.15) is 5.56 Å². The second kappa shape index (κ2) is 7.06. The van der Waals surface area contributed by atoms with E-state index in [1.165, 1.54) is 11.8 Å². The van der Waals surface area contributed by atoms with Crippen molar-refractivity contribution in [1.82, 2.24) is 4.90 Å². The van der Waals surface area contributed by atoms with Gasteiger partial charge in [-0.25, -0.2) is 0 Å². The lowest BCUT2D eigenvalue weighted by Gasteiger charge is -2.27. The summed E-state index contributed by atoms with van der Waals surface area (Å²) < 4.78 is 5.30. The van der Waals surface area contributed by atoms with Gasteiger partial charge < -0.3 is 9.64 Å². The standard InChI is InChI=1S/C14H14N2O2S.BrH/c17-13-12(10-11-4-2-1-3-5-11)19-14(15-13)16-6-8-18-9-7-16;/h1-5,10H,6-9H2;1H/b12-10-;. The molecular formula is C14H15BrN2O2S. The maximum absolute atomic E-state index is 11.9. The quantitative estimate of drug-likeness (QED) is 0.727. The highest BCUT2D eigenvalue weighted by Gasteiger charge is 2.26. The molecule has 4 nitrogen and oxygen atoms in total. The number of nitrogens with zero attached hydrogens (tertiary/aromatic N) is 2. The highest BCUT2D eigenvalue weighted by atomic mass is 79.9. The summed E-state index contributed by atoms with van der Waals surface area (Å²) in [5.41, 5.74) is 1.02. The normalized spacial score (nSPS) is 20.8. The van der Waals surface area contributed by atoms with Crippen molar-refractivity contribution >= 4 is 45.9 Å². The molecule has 1 amide bonds. The third-order valence-corrected chi connectivity index (χ3v) is 4.03. The SMILES string of the molecule is Br.O=C1N=C(N2CCOCC2)S/C1=C\c1ccccc1. The van der Waals surface area contributed by atoms with Crippen LogP contribution in [-0.4, -0.2) is 42.3 Å². The Kier molecular flexibility index (Phi) is 5.39. The van der Waals surface area contributed by atoms with Gasteiger partial charge in [0.2, 0.25) is 0 Å². The van der Waals surface area contributed by atoms with E-state index in [0.717, 1.165) is 23.8 Å². The molecule has 1 saturated heterocycles. The maximum atomic E-state index is 11.9. The molecule has 1 fully saturated rings. The molecule has 0 spiro atoms. The number of hydrogen-bond acceptors (Lipinski definition) is 4. The first-order chi connectivity index (χ1) is 9.33. The Morgan fingerprint density at radius 2 is 1.90 bits per heavy atom. The molecule has 2 aliphatic heterocycles. The van der Waals surface area contributed by atoms with Gasteiger partial charge in [-0.3, -0.25) is 4.79 Å². The van der Waals surface area contributed by atoms with E-state index in [2.05, 4.69) is 9.89 Å². The summed E-state index contributed by atoms with van der Waals surface area (Å²) in [6, 6.07) is 9.84. The highest BCUT2D eigenvalue weighted by molar-refractivity contribution is 8.93. The van der Waals surface area contributed by atoms with E-state index in [9.17, 15) is 4.79 Å². The molecule has 0 aliphatic carbocycles. The number of aliphatic imine (C=N–C) groups is 1. The van der Waals surface area contributed by atoms with E-state index in [-0.39, 0.29) is 22.9 Å². The van der Waals surface area contributed by atoms with Gasteiger partial charge in [0, 0.05) is 13.1 Å². The Labute approximate surface area is 132 Å². The van der Waals surface area contributed by atoms with Crippen LogP contribution in [0, 0.1) is 0 Å². The number of ether oxygens (including phenoxy) is 1. The van der Waals surface area contributed by atoms with Crippen LogP contribution in [0.25, 0.3) is 6.08 Å². The first kappa shape index (κ1) is 15.3. The van der Waals surface area contributed by atoms with Crippen molar-refractivity contribution in [3.05, 3.63) is 40.8 Å². The van der Waals surface area contributed by atoms with Crippen LogP contribution in [0.15, 0.2) is 40.2 Å². The van der Waals surface area contributed by atoms with Gasteiger partial charge in [-0.15, -0.1) is 17.0 Å². The van der Waals surface area contributed by atoms with Crippen molar-refractivity contribution < 1.29 is 9.53 Å². The van der Waals surface area contributed by atoms with Gasteiger partial charge in [0.1, 0.15) is 0 Å². The van der Waals surface area contributed by atoms with Crippen LogP contribution >= 0.6 is 28.7 Å². The molecule has 1 aromatic carbocycles. The van der Waals surface area contributed by atoms with E-state index in [0.29, 0.717) is 18.1 Å². The Bertz CT molecular complexity index is 539. The Hall–Kier alpha value is -1.11. The summed E-state index contributed by atoms with van der Waals surface area (Å²) in [7, 11) is 0. The summed E-state index contributed by atoms with van der Waals surface area (Å²) in [6.45, 7) is 3.01. The Balaban J connectivity index is 0.00000147. The number of amides is 1. The smallest absolute Gasteiger partial charge is 0.286 e. The second-order valence-electron chi connectivity index (χ2n) is 4.32. The van der Waals surface area contributed by atoms with Gasteiger partial charge in [-0.1, -0.05) is 30.3 Å². The third-order valence-electron chi connectivity index (χ3n) is 2.99. The summed E-state index contributed by atoms with van der Waals surface area (Å²) in [5.74, 6) is -0.143. The van der Waals surface area contributed by atoms with Gasteiger partial charge in [-0.2, -0.15) is 4.99 Å². The summed E-state index contributed by atoms with van der Waals surface area (Å²) in [4.78, 5) is 18.8. The van der Waals surface area contributed by atoms with Gasteiger partial charge >= 0.3 is 0 Å². The molecule has 3 rings (SSSR count). The molecule has 0 atom stereocenters. The van der Waals surface area contributed by atoms with E-state index >= 15 is 0 Å². The van der Waals surface area contributed by atoms with Gasteiger partial charge in [0.25, 0.3) is 5.91 Å². The van der Waals surface area contributed by atoms with Crippen molar-refractivity contribution in [3.8, 4) is 0 Å². The van der Waals surface area contributed by atoms with Crippen LogP contribution in [0.4, 0.5) is 0 Å². The minimum atomic E-state index is -0.143. The lowest BCUT2D eigenvalue weighted by molar-refractivity contribution is -0.113. The molecule has 0 bridgehead atoms. The minimum Gasteiger partial charge on any atom is -0.378 e. The first-order valence-corrected chi connectivity index (χ1v) is 7.05. The molecule has 1 aromatic rings.